The first-order valence-corrected chi connectivity index (χ1v) is 6.65. The first-order valence-electron chi connectivity index (χ1n) is 6.65. The van der Waals surface area contributed by atoms with Crippen LogP contribution in [-0.2, 0) is 11.2 Å². The smallest absolute Gasteiger partial charge is 0.303 e. The van der Waals surface area contributed by atoms with E-state index in [1.807, 2.05) is 13.8 Å². The quantitative estimate of drug-likeness (QED) is 0.924. The fourth-order valence-corrected chi connectivity index (χ4v) is 2.33. The Balaban J connectivity index is 2.48. The maximum Gasteiger partial charge on any atom is 0.303 e. The molecule has 2 rings (SSSR count). The molecule has 20 heavy (non-hydrogen) atoms. The van der Waals surface area contributed by atoms with Crippen molar-refractivity contribution in [2.24, 2.45) is 0 Å². The molecule has 0 amide bonds. The Morgan fingerprint density at radius 3 is 2.45 bits per heavy atom. The second kappa shape index (κ2) is 5.49. The van der Waals surface area contributed by atoms with Crippen molar-refractivity contribution < 1.29 is 14.4 Å². The molecule has 1 aromatic carbocycles. The molecule has 0 aliphatic heterocycles. The molecule has 0 aliphatic rings. The van der Waals surface area contributed by atoms with Crippen molar-refractivity contribution in [3.05, 3.63) is 40.1 Å². The van der Waals surface area contributed by atoms with Gasteiger partial charge in [0, 0.05) is 17.5 Å². The third-order valence-corrected chi connectivity index (χ3v) is 3.66. The minimum absolute atomic E-state index is 0.0823. The molecular weight excluding hydrogens is 254 g/mol. The summed E-state index contributed by atoms with van der Waals surface area (Å²) in [5, 5.41) is 12.8. The van der Waals surface area contributed by atoms with E-state index in [9.17, 15) is 4.79 Å². The predicted octanol–water partition coefficient (Wildman–Crippen LogP) is 3.59. The second-order valence-electron chi connectivity index (χ2n) is 5.22. The summed E-state index contributed by atoms with van der Waals surface area (Å²) in [6, 6.07) is 4.19. The van der Waals surface area contributed by atoms with Crippen LogP contribution in [-0.4, -0.2) is 16.2 Å². The number of carbonyl (C=O) groups is 1. The van der Waals surface area contributed by atoms with E-state index in [1.54, 1.807) is 0 Å². The molecule has 1 aromatic heterocycles. The van der Waals surface area contributed by atoms with Gasteiger partial charge < -0.3 is 9.63 Å². The third-order valence-electron chi connectivity index (χ3n) is 3.66. The Morgan fingerprint density at radius 2 is 1.80 bits per heavy atom. The zero-order chi connectivity index (χ0) is 14.9. The van der Waals surface area contributed by atoms with Crippen LogP contribution in [0.25, 0.3) is 11.3 Å². The lowest BCUT2D eigenvalue weighted by Gasteiger charge is -2.09. The molecular formula is C16H19NO3. The fraction of sp³-hybridized carbons (Fsp3) is 0.375. The predicted molar refractivity (Wildman–Crippen MR) is 76.8 cm³/mol. The van der Waals surface area contributed by atoms with Gasteiger partial charge in [-0.2, -0.15) is 0 Å². The Labute approximate surface area is 118 Å². The normalized spacial score (nSPS) is 10.8. The molecule has 0 spiro atoms. The largest absolute Gasteiger partial charge is 0.481 e. The Bertz CT molecular complexity index is 656. The Hall–Kier alpha value is -2.10. The minimum atomic E-state index is -0.812. The van der Waals surface area contributed by atoms with Crippen LogP contribution in [0, 0.1) is 27.7 Å². The number of hydrogen-bond donors (Lipinski definition) is 1. The van der Waals surface area contributed by atoms with E-state index in [0.717, 1.165) is 22.4 Å². The summed E-state index contributed by atoms with van der Waals surface area (Å²) in [6.45, 7) is 8.00. The molecule has 0 aliphatic carbocycles. The van der Waals surface area contributed by atoms with Crippen molar-refractivity contribution >= 4 is 5.97 Å². The lowest BCUT2D eigenvalue weighted by Crippen LogP contribution is -1.99. The van der Waals surface area contributed by atoms with Crippen molar-refractivity contribution in [2.45, 2.75) is 40.5 Å². The van der Waals surface area contributed by atoms with Crippen molar-refractivity contribution in [3.63, 3.8) is 0 Å². The van der Waals surface area contributed by atoms with Crippen molar-refractivity contribution in [1.82, 2.24) is 5.16 Å². The molecule has 2 aromatic rings. The van der Waals surface area contributed by atoms with Crippen LogP contribution in [0.4, 0.5) is 0 Å². The molecule has 1 N–H and O–H groups in total. The fourth-order valence-electron chi connectivity index (χ4n) is 2.33. The monoisotopic (exact) mass is 273 g/mol. The van der Waals surface area contributed by atoms with Crippen LogP contribution in [0.3, 0.4) is 0 Å². The van der Waals surface area contributed by atoms with E-state index in [2.05, 4.69) is 31.1 Å². The van der Waals surface area contributed by atoms with Gasteiger partial charge >= 0.3 is 5.97 Å². The van der Waals surface area contributed by atoms with Crippen LogP contribution >= 0.6 is 0 Å². The first kappa shape index (κ1) is 14.3. The number of hydrogen-bond acceptors (Lipinski definition) is 3. The van der Waals surface area contributed by atoms with Gasteiger partial charge in [0.25, 0.3) is 0 Å². The van der Waals surface area contributed by atoms with E-state index in [4.69, 9.17) is 9.63 Å². The lowest BCUT2D eigenvalue weighted by molar-refractivity contribution is -0.136. The number of aliphatic carboxylic acids is 1. The number of carboxylic acids is 1. The highest BCUT2D eigenvalue weighted by Gasteiger charge is 2.18. The van der Waals surface area contributed by atoms with Crippen LogP contribution in [0.1, 0.15) is 34.4 Å². The molecule has 4 nitrogen and oxygen atoms in total. The molecule has 0 bridgehead atoms. The average Bonchev–Trinajstić information content (AvgIpc) is 2.72. The zero-order valence-electron chi connectivity index (χ0n) is 12.3. The number of aryl methyl sites for hydroxylation is 4. The zero-order valence-corrected chi connectivity index (χ0v) is 12.3. The minimum Gasteiger partial charge on any atom is -0.481 e. The summed E-state index contributed by atoms with van der Waals surface area (Å²) in [7, 11) is 0. The SMILES string of the molecule is Cc1cc(C)c(-c2onc(C)c2CCC(=O)O)cc1C. The summed E-state index contributed by atoms with van der Waals surface area (Å²) in [5.41, 5.74) is 6.17. The van der Waals surface area contributed by atoms with E-state index < -0.39 is 5.97 Å². The Kier molecular flexibility index (Phi) is 3.93. The van der Waals surface area contributed by atoms with Gasteiger partial charge in [0.1, 0.15) is 0 Å². The van der Waals surface area contributed by atoms with Gasteiger partial charge in [0.2, 0.25) is 0 Å². The average molecular weight is 273 g/mol. The molecule has 1 heterocycles. The number of carboxylic acid groups (broad SMARTS) is 1. The summed E-state index contributed by atoms with van der Waals surface area (Å²) >= 11 is 0. The highest BCUT2D eigenvalue weighted by atomic mass is 16.5. The van der Waals surface area contributed by atoms with Crippen molar-refractivity contribution in [2.75, 3.05) is 0 Å². The first-order chi connectivity index (χ1) is 9.40. The topological polar surface area (TPSA) is 63.3 Å². The molecule has 0 fully saturated rings. The summed E-state index contributed by atoms with van der Waals surface area (Å²) < 4.78 is 5.45. The van der Waals surface area contributed by atoms with E-state index in [-0.39, 0.29) is 6.42 Å². The maximum absolute atomic E-state index is 10.8. The second-order valence-corrected chi connectivity index (χ2v) is 5.22. The van der Waals surface area contributed by atoms with Gasteiger partial charge in [-0.3, -0.25) is 4.79 Å². The van der Waals surface area contributed by atoms with Crippen LogP contribution in [0.5, 0.6) is 0 Å². The molecule has 0 unspecified atom stereocenters. The van der Waals surface area contributed by atoms with Gasteiger partial charge in [-0.15, -0.1) is 0 Å². The van der Waals surface area contributed by atoms with Crippen LogP contribution in [0.15, 0.2) is 16.7 Å². The molecule has 4 heteroatoms. The van der Waals surface area contributed by atoms with Crippen molar-refractivity contribution in [1.29, 1.82) is 0 Å². The Morgan fingerprint density at radius 1 is 1.15 bits per heavy atom. The highest BCUT2D eigenvalue weighted by Crippen LogP contribution is 2.31. The summed E-state index contributed by atoms with van der Waals surface area (Å²) in [5.74, 6) is -0.113. The van der Waals surface area contributed by atoms with Gasteiger partial charge in [-0.25, -0.2) is 0 Å². The van der Waals surface area contributed by atoms with Gasteiger partial charge in [0.15, 0.2) is 5.76 Å². The van der Waals surface area contributed by atoms with Gasteiger partial charge in [-0.1, -0.05) is 11.2 Å². The van der Waals surface area contributed by atoms with Crippen molar-refractivity contribution in [3.8, 4) is 11.3 Å². The molecule has 0 atom stereocenters. The van der Waals surface area contributed by atoms with E-state index in [1.165, 1.54) is 11.1 Å². The van der Waals surface area contributed by atoms with Crippen LogP contribution in [0.2, 0.25) is 0 Å². The van der Waals surface area contributed by atoms with E-state index in [0.29, 0.717) is 12.2 Å². The number of rotatable bonds is 4. The highest BCUT2D eigenvalue weighted by molar-refractivity contribution is 5.70. The molecule has 0 radical (unpaired) electrons. The standard InChI is InChI=1S/C16H19NO3/c1-9-7-11(3)14(8-10(9)2)16-13(5-6-15(18)19)12(4)17-20-16/h7-8H,5-6H2,1-4H3,(H,18,19). The lowest BCUT2D eigenvalue weighted by atomic mass is 9.95. The number of benzene rings is 1. The number of aromatic nitrogens is 1. The molecule has 106 valence electrons. The summed E-state index contributed by atoms with van der Waals surface area (Å²) in [6.07, 6.45) is 0.519. The van der Waals surface area contributed by atoms with Gasteiger partial charge in [0.05, 0.1) is 5.69 Å². The molecule has 0 saturated heterocycles. The maximum atomic E-state index is 10.8. The van der Waals surface area contributed by atoms with Gasteiger partial charge in [-0.05, 0) is 56.9 Å². The molecule has 0 saturated carbocycles. The van der Waals surface area contributed by atoms with Crippen LogP contribution < -0.4 is 0 Å². The third kappa shape index (κ3) is 2.74. The number of nitrogens with zero attached hydrogens (tertiary/aromatic N) is 1. The summed E-state index contributed by atoms with van der Waals surface area (Å²) in [4.78, 5) is 10.8. The van der Waals surface area contributed by atoms with E-state index >= 15 is 0 Å².